The van der Waals surface area contributed by atoms with Crippen molar-refractivity contribution in [3.63, 3.8) is 0 Å². The van der Waals surface area contributed by atoms with Crippen molar-refractivity contribution in [2.24, 2.45) is 0 Å². The molecule has 0 unspecified atom stereocenters. The minimum absolute atomic E-state index is 0.349. The highest BCUT2D eigenvalue weighted by atomic mass is 28.3. The van der Waals surface area contributed by atoms with Gasteiger partial charge >= 0.3 is 0 Å². The van der Waals surface area contributed by atoms with Gasteiger partial charge in [-0.1, -0.05) is 93.9 Å². The van der Waals surface area contributed by atoms with Crippen molar-refractivity contribution in [3.05, 3.63) is 98.9 Å². The zero-order valence-corrected chi connectivity index (χ0v) is 26.5. The number of hydrogen-bond acceptors (Lipinski definition) is 2. The van der Waals surface area contributed by atoms with Gasteiger partial charge < -0.3 is 4.74 Å². The number of carbonyl (C=O) groups is 1. The predicted octanol–water partition coefficient (Wildman–Crippen LogP) is 9.01. The van der Waals surface area contributed by atoms with Crippen LogP contribution in [0.3, 0.4) is 0 Å². The van der Waals surface area contributed by atoms with Gasteiger partial charge in [0.1, 0.15) is 5.75 Å². The summed E-state index contributed by atoms with van der Waals surface area (Å²) in [6.07, 6.45) is 1.55. The molecule has 0 amide bonds. The average molecular weight is 547 g/mol. The van der Waals surface area contributed by atoms with Gasteiger partial charge in [0.2, 0.25) is 0 Å². The third-order valence-electron chi connectivity index (χ3n) is 8.59. The summed E-state index contributed by atoms with van der Waals surface area (Å²) in [5, 5.41) is 7.26. The van der Waals surface area contributed by atoms with Crippen molar-refractivity contribution in [2.45, 2.75) is 59.0 Å². The summed E-state index contributed by atoms with van der Waals surface area (Å²) < 4.78 is 6.16. The number of carbonyl (C=O) groups excluding carboxylic acids is 1. The van der Waals surface area contributed by atoms with Crippen LogP contribution in [0.5, 0.6) is 5.75 Å². The lowest BCUT2D eigenvalue weighted by Gasteiger charge is -2.29. The van der Waals surface area contributed by atoms with Crippen LogP contribution in [0.2, 0.25) is 39.3 Å². The number of allylic oxidation sites excluding steroid dienone is 4. The summed E-state index contributed by atoms with van der Waals surface area (Å²) >= 11 is 0. The Morgan fingerprint density at radius 2 is 1.13 bits per heavy atom. The number of hydrogen-bond donors (Lipinski definition) is 0. The molecule has 0 aromatic heterocycles. The van der Waals surface area contributed by atoms with Gasteiger partial charge in [0, 0.05) is 12.0 Å². The Labute approximate surface area is 234 Å². The van der Waals surface area contributed by atoms with Gasteiger partial charge in [0.15, 0.2) is 5.78 Å². The fourth-order valence-electron chi connectivity index (χ4n) is 7.08. The molecule has 4 aromatic rings. The molecule has 2 aliphatic carbocycles. The first-order valence-electron chi connectivity index (χ1n) is 14.0. The zero-order chi connectivity index (χ0) is 27.9. The third-order valence-corrected chi connectivity index (χ3v) is 12.7. The number of rotatable bonds is 3. The molecule has 0 N–H and O–H groups in total. The van der Waals surface area contributed by atoms with E-state index in [0.717, 1.165) is 29.0 Å². The molecule has 0 bridgehead atoms. The van der Waals surface area contributed by atoms with E-state index in [1.807, 2.05) is 0 Å². The number of fused-ring (bicyclic) bond motifs is 8. The summed E-state index contributed by atoms with van der Waals surface area (Å²) in [4.78, 5) is 14.4. The van der Waals surface area contributed by atoms with E-state index in [1.165, 1.54) is 60.5 Å². The molecular weight excluding hydrogens is 509 g/mol. The average Bonchev–Trinajstić information content (AvgIpc) is 3.14. The van der Waals surface area contributed by atoms with Crippen molar-refractivity contribution in [3.8, 4) is 16.9 Å². The Bertz CT molecular complexity index is 1770. The van der Waals surface area contributed by atoms with Crippen LogP contribution in [-0.4, -0.2) is 29.0 Å². The molecule has 0 aliphatic heterocycles. The van der Waals surface area contributed by atoms with Crippen molar-refractivity contribution < 1.29 is 9.53 Å². The van der Waals surface area contributed by atoms with Crippen molar-refractivity contribution in [2.75, 3.05) is 7.11 Å². The Balaban J connectivity index is 1.86. The van der Waals surface area contributed by atoms with Crippen molar-refractivity contribution in [1.29, 1.82) is 0 Å². The zero-order valence-electron chi connectivity index (χ0n) is 24.5. The van der Waals surface area contributed by atoms with E-state index in [4.69, 9.17) is 4.74 Å². The molecule has 0 radical (unpaired) electrons. The normalized spacial score (nSPS) is 15.8. The van der Waals surface area contributed by atoms with E-state index >= 15 is 0 Å². The van der Waals surface area contributed by atoms with E-state index in [0.29, 0.717) is 5.78 Å². The summed E-state index contributed by atoms with van der Waals surface area (Å²) in [6.45, 7) is 16.3. The van der Waals surface area contributed by atoms with Crippen LogP contribution in [0.4, 0.5) is 0 Å². The van der Waals surface area contributed by atoms with E-state index < -0.39 is 16.1 Å². The molecule has 198 valence electrons. The van der Waals surface area contributed by atoms with Gasteiger partial charge in [0.05, 0.1) is 23.3 Å². The molecule has 0 spiro atoms. The SMILES string of the molecule is COc1cc2ccccc2c2c1CC1=C([Si](C)(C)C)C(=O)C([Si](C)(C)C)=C1Cc1c(C)cc3ccccc3c1-2. The minimum atomic E-state index is -1.94. The maximum absolute atomic E-state index is 14.4. The molecule has 0 saturated heterocycles. The molecule has 0 atom stereocenters. The van der Waals surface area contributed by atoms with E-state index in [9.17, 15) is 4.79 Å². The molecule has 0 saturated carbocycles. The number of ketones is 1. The van der Waals surface area contributed by atoms with Gasteiger partial charge in [-0.15, -0.1) is 0 Å². The number of Topliss-reactive ketones (excluding diaryl/α,β-unsaturated/α-hetero) is 1. The van der Waals surface area contributed by atoms with Crippen LogP contribution < -0.4 is 4.74 Å². The lowest BCUT2D eigenvalue weighted by molar-refractivity contribution is -0.111. The summed E-state index contributed by atoms with van der Waals surface area (Å²) in [5.41, 5.74) is 9.05. The topological polar surface area (TPSA) is 26.3 Å². The lowest BCUT2D eigenvalue weighted by Crippen LogP contribution is -2.35. The van der Waals surface area contributed by atoms with Gasteiger partial charge in [0.25, 0.3) is 0 Å². The quantitative estimate of drug-likeness (QED) is 0.240. The highest BCUT2D eigenvalue weighted by Crippen LogP contribution is 2.51. The molecule has 0 fully saturated rings. The van der Waals surface area contributed by atoms with Gasteiger partial charge in [-0.05, 0) is 84.7 Å². The Hall–Kier alpha value is -3.22. The summed E-state index contributed by atoms with van der Waals surface area (Å²) in [7, 11) is -2.07. The highest BCUT2D eigenvalue weighted by Gasteiger charge is 2.44. The second-order valence-electron chi connectivity index (χ2n) is 13.3. The first-order valence-corrected chi connectivity index (χ1v) is 21.0. The first-order chi connectivity index (χ1) is 18.4. The molecule has 2 aliphatic rings. The molecule has 2 nitrogen and oxygen atoms in total. The van der Waals surface area contributed by atoms with Crippen LogP contribution in [0.15, 0.2) is 82.2 Å². The molecule has 0 heterocycles. The van der Waals surface area contributed by atoms with Crippen LogP contribution in [-0.2, 0) is 17.6 Å². The number of aryl methyl sites for hydroxylation is 1. The first kappa shape index (κ1) is 26.0. The second-order valence-corrected chi connectivity index (χ2v) is 23.3. The Morgan fingerprint density at radius 3 is 1.64 bits per heavy atom. The maximum Gasteiger partial charge on any atom is 0.177 e. The van der Waals surface area contributed by atoms with Gasteiger partial charge in [-0.2, -0.15) is 0 Å². The van der Waals surface area contributed by atoms with E-state index in [1.54, 1.807) is 7.11 Å². The summed E-state index contributed by atoms with van der Waals surface area (Å²) in [5.74, 6) is 1.26. The molecule has 6 rings (SSSR count). The standard InChI is InChI=1S/C35H38O2Si2/c1-21-17-22-13-9-11-15-24(22)31-26(21)19-27-28(35(39(6,7)8)33(36)34(27)38(3,4)5)20-29-30(37-2)18-23-14-10-12-16-25(23)32(29)31/h9-18H,19-20H2,1-8H3. The monoisotopic (exact) mass is 546 g/mol. The largest absolute Gasteiger partial charge is 0.496 e. The minimum Gasteiger partial charge on any atom is -0.496 e. The Morgan fingerprint density at radius 1 is 0.667 bits per heavy atom. The van der Waals surface area contributed by atoms with Crippen LogP contribution in [0.1, 0.15) is 16.7 Å². The van der Waals surface area contributed by atoms with Crippen LogP contribution in [0, 0.1) is 6.92 Å². The second kappa shape index (κ2) is 8.90. The van der Waals surface area contributed by atoms with Gasteiger partial charge in [-0.3, -0.25) is 4.79 Å². The van der Waals surface area contributed by atoms with Crippen LogP contribution in [0.25, 0.3) is 32.7 Å². The molecular formula is C35H38O2Si2. The van der Waals surface area contributed by atoms with Gasteiger partial charge in [-0.25, -0.2) is 0 Å². The lowest BCUT2D eigenvalue weighted by atomic mass is 9.78. The number of benzene rings is 4. The maximum atomic E-state index is 14.4. The molecule has 4 aromatic carbocycles. The number of ether oxygens (including phenoxy) is 1. The Kier molecular flexibility index (Phi) is 5.94. The predicted molar refractivity (Wildman–Crippen MR) is 171 cm³/mol. The highest BCUT2D eigenvalue weighted by molar-refractivity contribution is 6.94. The molecule has 4 heteroatoms. The fourth-order valence-corrected chi connectivity index (χ4v) is 11.1. The van der Waals surface area contributed by atoms with E-state index in [-0.39, 0.29) is 0 Å². The summed E-state index contributed by atoms with van der Waals surface area (Å²) in [6, 6.07) is 22.0. The van der Waals surface area contributed by atoms with Crippen molar-refractivity contribution >= 4 is 43.5 Å². The van der Waals surface area contributed by atoms with Crippen LogP contribution >= 0.6 is 0 Å². The van der Waals surface area contributed by atoms with E-state index in [2.05, 4.69) is 107 Å². The number of methoxy groups -OCH3 is 1. The third kappa shape index (κ3) is 3.99. The smallest absolute Gasteiger partial charge is 0.177 e. The van der Waals surface area contributed by atoms with Crippen molar-refractivity contribution in [1.82, 2.24) is 0 Å². The fraction of sp³-hybridized carbons (Fsp3) is 0.286. The molecule has 39 heavy (non-hydrogen) atoms.